The highest BCUT2D eigenvalue weighted by atomic mass is 16.5. The van der Waals surface area contributed by atoms with Gasteiger partial charge in [-0.3, -0.25) is 9.59 Å². The maximum absolute atomic E-state index is 13.5. The van der Waals surface area contributed by atoms with Gasteiger partial charge in [0, 0.05) is 12.6 Å². The van der Waals surface area contributed by atoms with Gasteiger partial charge in [-0.2, -0.15) is 0 Å². The smallest absolute Gasteiger partial charge is 0.290 e. The van der Waals surface area contributed by atoms with Crippen LogP contribution in [0.2, 0.25) is 0 Å². The largest absolute Gasteiger partial charge is 0.497 e. The molecule has 0 saturated heterocycles. The van der Waals surface area contributed by atoms with Gasteiger partial charge in [-0.05, 0) is 56.9 Å². The van der Waals surface area contributed by atoms with Crippen molar-refractivity contribution in [2.45, 2.75) is 12.5 Å². The molecule has 3 aromatic rings. The molecule has 1 unspecified atom stereocenters. The number of rotatable bonds is 7. The Hall–Kier alpha value is -3.32. The van der Waals surface area contributed by atoms with Crippen LogP contribution in [-0.2, 0) is 0 Å². The van der Waals surface area contributed by atoms with E-state index in [-0.39, 0.29) is 17.1 Å². The van der Waals surface area contributed by atoms with Crippen LogP contribution in [0.15, 0.2) is 51.7 Å². The third-order valence-corrected chi connectivity index (χ3v) is 5.61. The highest BCUT2D eigenvalue weighted by Crippen LogP contribution is 2.39. The second-order valence-corrected chi connectivity index (χ2v) is 7.87. The van der Waals surface area contributed by atoms with Crippen molar-refractivity contribution in [2.24, 2.45) is 0 Å². The van der Waals surface area contributed by atoms with E-state index in [0.717, 1.165) is 18.5 Å². The Labute approximate surface area is 180 Å². The van der Waals surface area contributed by atoms with E-state index < -0.39 is 6.04 Å². The highest BCUT2D eigenvalue weighted by molar-refractivity contribution is 5.99. The van der Waals surface area contributed by atoms with Crippen molar-refractivity contribution in [3.63, 3.8) is 0 Å². The van der Waals surface area contributed by atoms with Gasteiger partial charge in [0.05, 0.1) is 31.2 Å². The molecule has 0 spiro atoms. The molecule has 0 saturated carbocycles. The van der Waals surface area contributed by atoms with Crippen molar-refractivity contribution in [2.75, 3.05) is 41.4 Å². The first-order valence-corrected chi connectivity index (χ1v) is 10.2. The number of fused-ring (bicyclic) bond motifs is 2. The molecule has 0 aliphatic carbocycles. The summed E-state index contributed by atoms with van der Waals surface area (Å²) in [5, 5.41) is 0.431. The van der Waals surface area contributed by atoms with Crippen molar-refractivity contribution in [3.8, 4) is 11.5 Å². The first kappa shape index (κ1) is 20.9. The monoisotopic (exact) mass is 422 g/mol. The zero-order valence-corrected chi connectivity index (χ0v) is 18.2. The Morgan fingerprint density at radius 3 is 2.32 bits per heavy atom. The zero-order chi connectivity index (χ0) is 22.1. The predicted molar refractivity (Wildman–Crippen MR) is 118 cm³/mol. The molecule has 7 nitrogen and oxygen atoms in total. The summed E-state index contributed by atoms with van der Waals surface area (Å²) >= 11 is 0. The molecule has 2 aromatic carbocycles. The number of benzene rings is 2. The Bertz CT molecular complexity index is 1170. The number of hydrogen-bond acceptors (Lipinski definition) is 6. The van der Waals surface area contributed by atoms with E-state index in [4.69, 9.17) is 13.9 Å². The number of amides is 1. The molecule has 2 heterocycles. The topological polar surface area (TPSA) is 72.2 Å². The van der Waals surface area contributed by atoms with E-state index in [1.54, 1.807) is 37.3 Å². The molecule has 31 heavy (non-hydrogen) atoms. The lowest BCUT2D eigenvalue weighted by Crippen LogP contribution is -2.32. The molecule has 0 bridgehead atoms. The van der Waals surface area contributed by atoms with Gasteiger partial charge >= 0.3 is 0 Å². The van der Waals surface area contributed by atoms with E-state index in [1.807, 2.05) is 38.4 Å². The summed E-state index contributed by atoms with van der Waals surface area (Å²) in [6, 6.07) is 12.0. The molecule has 0 radical (unpaired) electrons. The normalized spacial score (nSPS) is 15.6. The lowest BCUT2D eigenvalue weighted by atomic mass is 9.98. The van der Waals surface area contributed by atoms with Crippen LogP contribution in [0.3, 0.4) is 0 Å². The number of methoxy groups -OCH3 is 2. The molecule has 0 fully saturated rings. The maximum atomic E-state index is 13.5. The molecule has 1 aromatic heterocycles. The lowest BCUT2D eigenvalue weighted by molar-refractivity contribution is 0.0722. The van der Waals surface area contributed by atoms with Crippen LogP contribution in [-0.4, -0.2) is 57.1 Å². The summed E-state index contributed by atoms with van der Waals surface area (Å²) in [6.45, 7) is 1.34. The van der Waals surface area contributed by atoms with Crippen molar-refractivity contribution < 1.29 is 18.7 Å². The van der Waals surface area contributed by atoms with Crippen LogP contribution >= 0.6 is 0 Å². The first-order chi connectivity index (χ1) is 14.9. The second kappa shape index (κ2) is 8.43. The van der Waals surface area contributed by atoms with Gasteiger partial charge in [-0.15, -0.1) is 0 Å². The minimum absolute atomic E-state index is 0.108. The van der Waals surface area contributed by atoms with Crippen LogP contribution in [0.4, 0.5) is 0 Å². The van der Waals surface area contributed by atoms with Gasteiger partial charge < -0.3 is 23.7 Å². The summed E-state index contributed by atoms with van der Waals surface area (Å²) in [5.74, 6) is 1.12. The Morgan fingerprint density at radius 1 is 1.00 bits per heavy atom. The predicted octanol–water partition coefficient (Wildman–Crippen LogP) is 3.31. The van der Waals surface area contributed by atoms with Crippen LogP contribution in [0.1, 0.15) is 34.1 Å². The van der Waals surface area contributed by atoms with Crippen LogP contribution < -0.4 is 14.9 Å². The van der Waals surface area contributed by atoms with Crippen molar-refractivity contribution >= 4 is 16.9 Å². The second-order valence-electron chi connectivity index (χ2n) is 7.87. The van der Waals surface area contributed by atoms with Gasteiger partial charge in [0.15, 0.2) is 5.43 Å². The van der Waals surface area contributed by atoms with Gasteiger partial charge in [-0.1, -0.05) is 12.1 Å². The molecule has 7 heteroatoms. The molecular weight excluding hydrogens is 396 g/mol. The first-order valence-electron chi connectivity index (χ1n) is 10.2. The molecular formula is C24H26N2O5. The fourth-order valence-electron chi connectivity index (χ4n) is 4.05. The standard InChI is InChI=1S/C24H26N2O5/c1-25(2)12-5-13-26-21(15-6-8-16(29-3)9-7-15)20-22(27)18-11-10-17(30-4)14-19(18)31-23(20)24(26)28/h6-11,14,21H,5,12-13H2,1-4H3. The van der Waals surface area contributed by atoms with Crippen molar-refractivity contribution in [1.82, 2.24) is 9.80 Å². The average molecular weight is 422 g/mol. The lowest BCUT2D eigenvalue weighted by Gasteiger charge is -2.25. The Kier molecular flexibility index (Phi) is 5.69. The van der Waals surface area contributed by atoms with E-state index in [2.05, 4.69) is 4.90 Å². The maximum Gasteiger partial charge on any atom is 0.290 e. The average Bonchev–Trinajstić information content (AvgIpc) is 3.05. The quantitative estimate of drug-likeness (QED) is 0.582. The van der Waals surface area contributed by atoms with Crippen LogP contribution in [0.25, 0.3) is 11.0 Å². The Morgan fingerprint density at radius 2 is 1.68 bits per heavy atom. The van der Waals surface area contributed by atoms with Gasteiger partial charge in [0.1, 0.15) is 17.1 Å². The third-order valence-electron chi connectivity index (χ3n) is 5.61. The SMILES string of the molecule is COc1ccc(C2c3c(oc4cc(OC)ccc4c3=O)C(=O)N2CCCN(C)C)cc1. The van der Waals surface area contributed by atoms with Gasteiger partial charge in [0.25, 0.3) is 5.91 Å². The van der Waals surface area contributed by atoms with Crippen molar-refractivity contribution in [3.05, 3.63) is 69.6 Å². The van der Waals surface area contributed by atoms with Gasteiger partial charge in [-0.25, -0.2) is 0 Å². The Balaban J connectivity index is 1.86. The molecule has 1 aliphatic rings. The summed E-state index contributed by atoms with van der Waals surface area (Å²) in [5.41, 5.74) is 1.39. The molecule has 1 aliphatic heterocycles. The number of hydrogen-bond donors (Lipinski definition) is 0. The molecule has 1 amide bonds. The summed E-state index contributed by atoms with van der Waals surface area (Å²) < 4.78 is 16.5. The summed E-state index contributed by atoms with van der Waals surface area (Å²) in [7, 11) is 7.13. The number of ether oxygens (including phenoxy) is 2. The number of nitrogens with zero attached hydrogens (tertiary/aromatic N) is 2. The van der Waals surface area contributed by atoms with Crippen LogP contribution in [0.5, 0.6) is 11.5 Å². The summed E-state index contributed by atoms with van der Waals surface area (Å²) in [6.07, 6.45) is 0.779. The van der Waals surface area contributed by atoms with Crippen molar-refractivity contribution in [1.29, 1.82) is 0 Å². The highest BCUT2D eigenvalue weighted by Gasteiger charge is 2.42. The zero-order valence-electron chi connectivity index (χ0n) is 18.2. The van der Waals surface area contributed by atoms with E-state index in [1.165, 1.54) is 0 Å². The van der Waals surface area contributed by atoms with E-state index >= 15 is 0 Å². The van der Waals surface area contributed by atoms with Crippen LogP contribution in [0, 0.1) is 0 Å². The fourth-order valence-corrected chi connectivity index (χ4v) is 4.05. The molecule has 1 atom stereocenters. The minimum Gasteiger partial charge on any atom is -0.497 e. The van der Waals surface area contributed by atoms with E-state index in [9.17, 15) is 9.59 Å². The van der Waals surface area contributed by atoms with E-state index in [0.29, 0.717) is 34.6 Å². The number of carbonyl (C=O) groups excluding carboxylic acids is 1. The summed E-state index contributed by atoms with van der Waals surface area (Å²) in [4.78, 5) is 30.6. The van der Waals surface area contributed by atoms with Gasteiger partial charge in [0.2, 0.25) is 5.76 Å². The molecule has 162 valence electrons. The molecule has 0 N–H and O–H groups in total. The fraction of sp³-hybridized carbons (Fsp3) is 0.333. The molecule has 4 rings (SSSR count). The number of carbonyl (C=O) groups is 1. The minimum atomic E-state index is -0.502. The third kappa shape index (κ3) is 3.77.